The first-order valence-electron chi connectivity index (χ1n) is 3.07. The molecule has 0 aromatic heterocycles. The van der Waals surface area contributed by atoms with Gasteiger partial charge in [-0.15, -0.1) is 5.92 Å². The molecule has 1 heteroatoms. The van der Waals surface area contributed by atoms with Crippen molar-refractivity contribution in [3.63, 3.8) is 0 Å². The summed E-state index contributed by atoms with van der Waals surface area (Å²) in [5.74, 6) is 5.66. The Kier molecular flexibility index (Phi) is 4.95. The van der Waals surface area contributed by atoms with E-state index in [4.69, 9.17) is 5.11 Å². The summed E-state index contributed by atoms with van der Waals surface area (Å²) < 4.78 is 0. The van der Waals surface area contributed by atoms with Crippen molar-refractivity contribution < 1.29 is 5.11 Å². The van der Waals surface area contributed by atoms with Gasteiger partial charge in [0.1, 0.15) is 0 Å². The van der Waals surface area contributed by atoms with Crippen molar-refractivity contribution in [1.29, 1.82) is 0 Å². The van der Waals surface area contributed by atoms with Crippen molar-refractivity contribution in [2.75, 3.05) is 6.61 Å². The van der Waals surface area contributed by atoms with Crippen LogP contribution in [-0.2, 0) is 0 Å². The van der Waals surface area contributed by atoms with Gasteiger partial charge in [0, 0.05) is 5.57 Å². The zero-order valence-electron chi connectivity index (χ0n) is 5.94. The van der Waals surface area contributed by atoms with Gasteiger partial charge >= 0.3 is 0 Å². The Balaban J connectivity index is 3.92. The molecule has 0 aromatic carbocycles. The first-order chi connectivity index (χ1) is 4.35. The van der Waals surface area contributed by atoms with Crippen molar-refractivity contribution in [3.05, 3.63) is 11.6 Å². The van der Waals surface area contributed by atoms with E-state index in [0.717, 1.165) is 12.0 Å². The monoisotopic (exact) mass is 124 g/mol. The largest absolute Gasteiger partial charge is 0.392 e. The molecule has 0 aliphatic rings. The highest BCUT2D eigenvalue weighted by Gasteiger charge is 1.83. The van der Waals surface area contributed by atoms with Crippen LogP contribution < -0.4 is 0 Å². The first-order valence-corrected chi connectivity index (χ1v) is 3.07. The van der Waals surface area contributed by atoms with E-state index >= 15 is 0 Å². The fourth-order valence-electron chi connectivity index (χ4n) is 0.555. The molecule has 9 heavy (non-hydrogen) atoms. The van der Waals surface area contributed by atoms with E-state index in [0.29, 0.717) is 0 Å². The second-order valence-electron chi connectivity index (χ2n) is 1.64. The lowest BCUT2D eigenvalue weighted by Gasteiger charge is -1.88. The van der Waals surface area contributed by atoms with E-state index in [-0.39, 0.29) is 6.61 Å². The minimum absolute atomic E-state index is 0.0951. The Morgan fingerprint density at radius 2 is 2.33 bits per heavy atom. The van der Waals surface area contributed by atoms with Gasteiger partial charge in [0.2, 0.25) is 0 Å². The first kappa shape index (κ1) is 8.26. The molecule has 0 saturated heterocycles. The van der Waals surface area contributed by atoms with Crippen molar-refractivity contribution in [2.45, 2.75) is 20.3 Å². The molecule has 0 aromatic rings. The third-order valence-corrected chi connectivity index (χ3v) is 1.00. The molecule has 0 radical (unpaired) electrons. The third-order valence-electron chi connectivity index (χ3n) is 1.00. The number of hydrogen-bond donors (Lipinski definition) is 1. The Bertz CT molecular complexity index is 146. The topological polar surface area (TPSA) is 20.2 Å². The van der Waals surface area contributed by atoms with Gasteiger partial charge in [0.15, 0.2) is 0 Å². The average Bonchev–Trinajstić information content (AvgIpc) is 1.88. The van der Waals surface area contributed by atoms with Crippen LogP contribution in [0.2, 0.25) is 0 Å². The van der Waals surface area contributed by atoms with Gasteiger partial charge in [0.05, 0.1) is 6.61 Å². The van der Waals surface area contributed by atoms with E-state index in [1.54, 1.807) is 13.0 Å². The summed E-state index contributed by atoms with van der Waals surface area (Å²) in [7, 11) is 0. The van der Waals surface area contributed by atoms with E-state index in [1.165, 1.54) is 0 Å². The number of aliphatic hydroxyl groups is 1. The van der Waals surface area contributed by atoms with E-state index in [1.807, 2.05) is 6.92 Å². The third kappa shape index (κ3) is 3.81. The molecule has 1 N–H and O–H groups in total. The SMILES string of the molecule is CC#C/C(=C\CO)CC. The van der Waals surface area contributed by atoms with Gasteiger partial charge in [-0.2, -0.15) is 0 Å². The molecule has 0 aliphatic carbocycles. The molecule has 0 aliphatic heterocycles. The molecule has 0 spiro atoms. The van der Waals surface area contributed by atoms with Crippen LogP contribution in [0.15, 0.2) is 11.6 Å². The molecule has 0 atom stereocenters. The maximum absolute atomic E-state index is 8.45. The van der Waals surface area contributed by atoms with E-state index in [2.05, 4.69) is 11.8 Å². The lowest BCUT2D eigenvalue weighted by Crippen LogP contribution is -1.79. The minimum atomic E-state index is 0.0951. The highest BCUT2D eigenvalue weighted by Crippen LogP contribution is 1.95. The highest BCUT2D eigenvalue weighted by atomic mass is 16.2. The molecular weight excluding hydrogens is 112 g/mol. The molecule has 0 fully saturated rings. The predicted octanol–water partition coefficient (Wildman–Crippen LogP) is 1.34. The Morgan fingerprint density at radius 1 is 1.67 bits per heavy atom. The van der Waals surface area contributed by atoms with Crippen LogP contribution >= 0.6 is 0 Å². The molecule has 0 heterocycles. The number of allylic oxidation sites excluding steroid dienone is 1. The summed E-state index contributed by atoms with van der Waals surface area (Å²) in [5.41, 5.74) is 1.01. The zero-order chi connectivity index (χ0) is 7.11. The Hall–Kier alpha value is -0.740. The fraction of sp³-hybridized carbons (Fsp3) is 0.500. The lowest BCUT2D eigenvalue weighted by atomic mass is 10.2. The molecule has 0 rings (SSSR count). The molecule has 0 bridgehead atoms. The maximum Gasteiger partial charge on any atom is 0.0624 e. The summed E-state index contributed by atoms with van der Waals surface area (Å²) in [4.78, 5) is 0. The average molecular weight is 124 g/mol. The fourth-order valence-corrected chi connectivity index (χ4v) is 0.555. The quantitative estimate of drug-likeness (QED) is 0.551. The normalized spacial score (nSPS) is 10.3. The number of rotatable bonds is 2. The van der Waals surface area contributed by atoms with Crippen LogP contribution in [0.3, 0.4) is 0 Å². The summed E-state index contributed by atoms with van der Waals surface area (Å²) in [6.45, 7) is 3.91. The van der Waals surface area contributed by atoms with Crippen molar-refractivity contribution >= 4 is 0 Å². The number of aliphatic hydroxyl groups excluding tert-OH is 1. The van der Waals surface area contributed by atoms with Crippen LogP contribution in [0.25, 0.3) is 0 Å². The van der Waals surface area contributed by atoms with Crippen molar-refractivity contribution in [1.82, 2.24) is 0 Å². The zero-order valence-corrected chi connectivity index (χ0v) is 5.94. The Labute approximate surface area is 56.4 Å². The molecular formula is C8H12O. The van der Waals surface area contributed by atoms with Crippen LogP contribution in [0.1, 0.15) is 20.3 Å². The van der Waals surface area contributed by atoms with Gasteiger partial charge in [-0.1, -0.05) is 12.8 Å². The van der Waals surface area contributed by atoms with Gasteiger partial charge < -0.3 is 5.11 Å². The Morgan fingerprint density at radius 3 is 2.67 bits per heavy atom. The van der Waals surface area contributed by atoms with E-state index in [9.17, 15) is 0 Å². The minimum Gasteiger partial charge on any atom is -0.392 e. The summed E-state index contributed by atoms with van der Waals surface area (Å²) >= 11 is 0. The maximum atomic E-state index is 8.45. The van der Waals surface area contributed by atoms with Crippen LogP contribution in [-0.4, -0.2) is 11.7 Å². The summed E-state index contributed by atoms with van der Waals surface area (Å²) in [6.07, 6.45) is 2.64. The van der Waals surface area contributed by atoms with Gasteiger partial charge in [0.25, 0.3) is 0 Å². The summed E-state index contributed by atoms with van der Waals surface area (Å²) in [6, 6.07) is 0. The second kappa shape index (κ2) is 5.40. The molecule has 0 unspecified atom stereocenters. The molecule has 0 saturated carbocycles. The standard InChI is InChI=1S/C8H12O/c1-3-5-8(4-2)6-7-9/h6,9H,4,7H2,1-2H3/b8-6-. The molecule has 1 nitrogen and oxygen atoms in total. The molecule has 0 amide bonds. The van der Waals surface area contributed by atoms with E-state index < -0.39 is 0 Å². The highest BCUT2D eigenvalue weighted by molar-refractivity contribution is 5.27. The molecule has 50 valence electrons. The lowest BCUT2D eigenvalue weighted by molar-refractivity contribution is 0.342. The second-order valence-corrected chi connectivity index (χ2v) is 1.64. The van der Waals surface area contributed by atoms with Crippen molar-refractivity contribution in [3.8, 4) is 11.8 Å². The van der Waals surface area contributed by atoms with Gasteiger partial charge in [-0.3, -0.25) is 0 Å². The number of hydrogen-bond acceptors (Lipinski definition) is 1. The van der Waals surface area contributed by atoms with Crippen LogP contribution in [0.4, 0.5) is 0 Å². The smallest absolute Gasteiger partial charge is 0.0624 e. The van der Waals surface area contributed by atoms with Crippen LogP contribution in [0, 0.1) is 11.8 Å². The van der Waals surface area contributed by atoms with Gasteiger partial charge in [-0.25, -0.2) is 0 Å². The van der Waals surface area contributed by atoms with Crippen LogP contribution in [0.5, 0.6) is 0 Å². The van der Waals surface area contributed by atoms with Gasteiger partial charge in [-0.05, 0) is 19.4 Å². The predicted molar refractivity (Wildman–Crippen MR) is 38.9 cm³/mol. The van der Waals surface area contributed by atoms with Crippen molar-refractivity contribution in [2.24, 2.45) is 0 Å². The summed E-state index contributed by atoms with van der Waals surface area (Å²) in [5, 5.41) is 8.45.